The number of aryl methyl sites for hydroxylation is 2. The molecule has 96 valence electrons. The molecule has 0 atom stereocenters. The standard InChI is InChI=1S/C13H18N4O/c1-9-10(8-17(2)16-9)7-15-13-5-4-11(18-3)6-12(13)14/h4-6,8,15H,7,14H2,1-3H3. The van der Waals surface area contributed by atoms with Gasteiger partial charge in [-0.3, -0.25) is 4.68 Å². The number of aromatic nitrogens is 2. The Hall–Kier alpha value is -2.17. The van der Waals surface area contributed by atoms with Crippen LogP contribution in [0.3, 0.4) is 0 Å². The van der Waals surface area contributed by atoms with Gasteiger partial charge in [-0.2, -0.15) is 5.10 Å². The van der Waals surface area contributed by atoms with E-state index in [0.29, 0.717) is 12.2 Å². The van der Waals surface area contributed by atoms with E-state index in [1.165, 1.54) is 0 Å². The van der Waals surface area contributed by atoms with Crippen LogP contribution in [0.25, 0.3) is 0 Å². The molecule has 0 bridgehead atoms. The zero-order valence-corrected chi connectivity index (χ0v) is 10.9. The van der Waals surface area contributed by atoms with Gasteiger partial charge in [0.15, 0.2) is 0 Å². The molecule has 0 saturated carbocycles. The van der Waals surface area contributed by atoms with Crippen molar-refractivity contribution in [2.75, 3.05) is 18.2 Å². The largest absolute Gasteiger partial charge is 0.497 e. The average Bonchev–Trinajstić information content (AvgIpc) is 2.66. The molecule has 1 aromatic carbocycles. The van der Waals surface area contributed by atoms with Crippen molar-refractivity contribution in [3.05, 3.63) is 35.7 Å². The Labute approximate surface area is 107 Å². The lowest BCUT2D eigenvalue weighted by Crippen LogP contribution is -2.03. The number of hydrogen-bond acceptors (Lipinski definition) is 4. The fraction of sp³-hybridized carbons (Fsp3) is 0.308. The first kappa shape index (κ1) is 12.3. The Kier molecular flexibility index (Phi) is 3.41. The minimum Gasteiger partial charge on any atom is -0.497 e. The molecule has 5 heteroatoms. The van der Waals surface area contributed by atoms with E-state index >= 15 is 0 Å². The zero-order chi connectivity index (χ0) is 13.1. The molecule has 18 heavy (non-hydrogen) atoms. The molecule has 0 aliphatic heterocycles. The number of nitrogen functional groups attached to an aromatic ring is 1. The lowest BCUT2D eigenvalue weighted by molar-refractivity contribution is 0.415. The highest BCUT2D eigenvalue weighted by Crippen LogP contribution is 2.24. The van der Waals surface area contributed by atoms with Crippen molar-refractivity contribution >= 4 is 11.4 Å². The third kappa shape index (κ3) is 2.56. The molecule has 5 nitrogen and oxygen atoms in total. The Morgan fingerprint density at radius 3 is 2.78 bits per heavy atom. The number of nitrogens with one attached hydrogen (secondary N) is 1. The summed E-state index contributed by atoms with van der Waals surface area (Å²) in [5.41, 5.74) is 9.70. The summed E-state index contributed by atoms with van der Waals surface area (Å²) >= 11 is 0. The van der Waals surface area contributed by atoms with E-state index in [4.69, 9.17) is 10.5 Å². The summed E-state index contributed by atoms with van der Waals surface area (Å²) in [6.45, 7) is 2.70. The SMILES string of the molecule is COc1ccc(NCc2cn(C)nc2C)c(N)c1. The van der Waals surface area contributed by atoms with Crippen LogP contribution in [0.2, 0.25) is 0 Å². The Morgan fingerprint density at radius 1 is 1.44 bits per heavy atom. The van der Waals surface area contributed by atoms with E-state index in [0.717, 1.165) is 22.7 Å². The molecule has 3 N–H and O–H groups in total. The molecular weight excluding hydrogens is 228 g/mol. The molecule has 0 aliphatic carbocycles. The van der Waals surface area contributed by atoms with Gasteiger partial charge in [0.05, 0.1) is 24.2 Å². The van der Waals surface area contributed by atoms with Gasteiger partial charge in [0.2, 0.25) is 0 Å². The molecule has 0 radical (unpaired) electrons. The van der Waals surface area contributed by atoms with E-state index in [1.54, 1.807) is 13.2 Å². The topological polar surface area (TPSA) is 65.1 Å². The maximum atomic E-state index is 5.94. The van der Waals surface area contributed by atoms with Crippen LogP contribution in [-0.2, 0) is 13.6 Å². The van der Waals surface area contributed by atoms with Gasteiger partial charge in [-0.05, 0) is 19.1 Å². The van der Waals surface area contributed by atoms with Crippen LogP contribution < -0.4 is 15.8 Å². The fourth-order valence-electron chi connectivity index (χ4n) is 1.84. The first-order valence-electron chi connectivity index (χ1n) is 5.76. The van der Waals surface area contributed by atoms with Crippen LogP contribution in [0.5, 0.6) is 5.75 Å². The number of nitrogens with zero attached hydrogens (tertiary/aromatic N) is 2. The molecular formula is C13H18N4O. The van der Waals surface area contributed by atoms with Gasteiger partial charge in [-0.1, -0.05) is 0 Å². The molecule has 0 unspecified atom stereocenters. The number of ether oxygens (including phenoxy) is 1. The molecule has 1 heterocycles. The zero-order valence-electron chi connectivity index (χ0n) is 10.9. The first-order chi connectivity index (χ1) is 8.60. The second-order valence-electron chi connectivity index (χ2n) is 4.22. The minimum absolute atomic E-state index is 0.677. The van der Waals surface area contributed by atoms with Crippen molar-refractivity contribution in [1.82, 2.24) is 9.78 Å². The minimum atomic E-state index is 0.677. The number of benzene rings is 1. The van der Waals surface area contributed by atoms with Gasteiger partial charge in [0, 0.05) is 31.4 Å². The highest BCUT2D eigenvalue weighted by Gasteiger charge is 2.05. The van der Waals surface area contributed by atoms with Crippen molar-refractivity contribution in [1.29, 1.82) is 0 Å². The quantitative estimate of drug-likeness (QED) is 0.809. The van der Waals surface area contributed by atoms with Crippen LogP contribution >= 0.6 is 0 Å². The van der Waals surface area contributed by atoms with Crippen LogP contribution in [0, 0.1) is 6.92 Å². The fourth-order valence-corrected chi connectivity index (χ4v) is 1.84. The van der Waals surface area contributed by atoms with Gasteiger partial charge < -0.3 is 15.8 Å². The smallest absolute Gasteiger partial charge is 0.121 e. The molecule has 0 aliphatic rings. The number of rotatable bonds is 4. The first-order valence-corrected chi connectivity index (χ1v) is 5.76. The van der Waals surface area contributed by atoms with Crippen molar-refractivity contribution in [3.63, 3.8) is 0 Å². The van der Waals surface area contributed by atoms with Crippen molar-refractivity contribution in [2.24, 2.45) is 7.05 Å². The monoisotopic (exact) mass is 246 g/mol. The van der Waals surface area contributed by atoms with E-state index in [2.05, 4.69) is 10.4 Å². The van der Waals surface area contributed by atoms with Crippen LogP contribution in [0.1, 0.15) is 11.3 Å². The van der Waals surface area contributed by atoms with Gasteiger partial charge in [-0.15, -0.1) is 0 Å². The van der Waals surface area contributed by atoms with Crippen molar-refractivity contribution < 1.29 is 4.74 Å². The molecule has 2 aromatic rings. The van der Waals surface area contributed by atoms with Gasteiger partial charge in [-0.25, -0.2) is 0 Å². The second-order valence-corrected chi connectivity index (χ2v) is 4.22. The third-order valence-electron chi connectivity index (χ3n) is 2.84. The van der Waals surface area contributed by atoms with Gasteiger partial charge >= 0.3 is 0 Å². The van der Waals surface area contributed by atoms with E-state index in [1.807, 2.05) is 37.0 Å². The highest BCUT2D eigenvalue weighted by molar-refractivity contribution is 5.68. The van der Waals surface area contributed by atoms with Crippen LogP contribution in [-0.4, -0.2) is 16.9 Å². The summed E-state index contributed by atoms with van der Waals surface area (Å²) in [5, 5.41) is 7.60. The lowest BCUT2D eigenvalue weighted by Gasteiger charge is -2.10. The Balaban J connectivity index is 2.08. The Bertz CT molecular complexity index is 548. The third-order valence-corrected chi connectivity index (χ3v) is 2.84. The van der Waals surface area contributed by atoms with Crippen LogP contribution in [0.4, 0.5) is 11.4 Å². The number of nitrogens with two attached hydrogens (primary N) is 1. The molecule has 0 saturated heterocycles. The molecule has 0 spiro atoms. The van der Waals surface area contributed by atoms with E-state index < -0.39 is 0 Å². The number of anilines is 2. The van der Waals surface area contributed by atoms with E-state index in [-0.39, 0.29) is 0 Å². The van der Waals surface area contributed by atoms with E-state index in [9.17, 15) is 0 Å². The molecule has 0 fully saturated rings. The predicted octanol–water partition coefficient (Wildman–Crippen LogP) is 1.93. The lowest BCUT2D eigenvalue weighted by atomic mass is 10.2. The maximum absolute atomic E-state index is 5.94. The summed E-state index contributed by atoms with van der Waals surface area (Å²) in [6.07, 6.45) is 2.00. The summed E-state index contributed by atoms with van der Waals surface area (Å²) < 4.78 is 6.92. The summed E-state index contributed by atoms with van der Waals surface area (Å²) in [4.78, 5) is 0. The van der Waals surface area contributed by atoms with Crippen molar-refractivity contribution in [2.45, 2.75) is 13.5 Å². The van der Waals surface area contributed by atoms with Crippen LogP contribution in [0.15, 0.2) is 24.4 Å². The maximum Gasteiger partial charge on any atom is 0.121 e. The van der Waals surface area contributed by atoms with Gasteiger partial charge in [0.25, 0.3) is 0 Å². The van der Waals surface area contributed by atoms with Crippen molar-refractivity contribution in [3.8, 4) is 5.75 Å². The second kappa shape index (κ2) is 5.00. The predicted molar refractivity (Wildman–Crippen MR) is 72.7 cm³/mol. The normalized spacial score (nSPS) is 10.4. The van der Waals surface area contributed by atoms with Gasteiger partial charge in [0.1, 0.15) is 5.75 Å². The summed E-state index contributed by atoms with van der Waals surface area (Å²) in [7, 11) is 3.54. The molecule has 2 rings (SSSR count). The molecule has 1 aromatic heterocycles. The Morgan fingerprint density at radius 2 is 2.22 bits per heavy atom. The number of methoxy groups -OCH3 is 1. The highest BCUT2D eigenvalue weighted by atomic mass is 16.5. The average molecular weight is 246 g/mol. The summed E-state index contributed by atoms with van der Waals surface area (Å²) in [6, 6.07) is 5.60. The summed E-state index contributed by atoms with van der Waals surface area (Å²) in [5.74, 6) is 0.760. The number of hydrogen-bond donors (Lipinski definition) is 2. The molecule has 0 amide bonds.